The van der Waals surface area contributed by atoms with E-state index in [0.29, 0.717) is 6.04 Å². The first-order chi connectivity index (χ1) is 9.09. The Labute approximate surface area is 118 Å². The molecular weight excluding hydrogens is 256 g/mol. The first-order valence-corrected chi connectivity index (χ1v) is 7.66. The molecule has 0 saturated carbocycles. The summed E-state index contributed by atoms with van der Waals surface area (Å²) in [5.41, 5.74) is 3.70. The molecule has 19 heavy (non-hydrogen) atoms. The van der Waals surface area contributed by atoms with E-state index in [2.05, 4.69) is 43.1 Å². The zero-order valence-electron chi connectivity index (χ0n) is 12.1. The van der Waals surface area contributed by atoms with Gasteiger partial charge in [-0.2, -0.15) is 5.10 Å². The monoisotopic (exact) mass is 278 g/mol. The second-order valence-corrected chi connectivity index (χ2v) is 5.96. The molecule has 0 bridgehead atoms. The molecule has 0 radical (unpaired) electrons. The fourth-order valence-electron chi connectivity index (χ4n) is 2.20. The van der Waals surface area contributed by atoms with Crippen molar-refractivity contribution in [1.82, 2.24) is 20.1 Å². The molecule has 0 aliphatic carbocycles. The summed E-state index contributed by atoms with van der Waals surface area (Å²) in [7, 11) is 0. The molecule has 0 saturated heterocycles. The van der Waals surface area contributed by atoms with E-state index in [4.69, 9.17) is 0 Å². The van der Waals surface area contributed by atoms with Crippen molar-refractivity contribution in [1.29, 1.82) is 0 Å². The van der Waals surface area contributed by atoms with Crippen LogP contribution in [0, 0.1) is 13.8 Å². The Balaban J connectivity index is 2.05. The summed E-state index contributed by atoms with van der Waals surface area (Å²) in [4.78, 5) is 4.33. The van der Waals surface area contributed by atoms with Gasteiger partial charge in [0.25, 0.3) is 0 Å². The number of hydrogen-bond acceptors (Lipinski definition) is 4. The van der Waals surface area contributed by atoms with Gasteiger partial charge in [-0.05, 0) is 38.8 Å². The van der Waals surface area contributed by atoms with Crippen molar-refractivity contribution in [2.24, 2.45) is 0 Å². The Morgan fingerprint density at radius 2 is 2.16 bits per heavy atom. The van der Waals surface area contributed by atoms with Gasteiger partial charge in [0.1, 0.15) is 0 Å². The van der Waals surface area contributed by atoms with E-state index in [-0.39, 0.29) is 0 Å². The third-order valence-corrected chi connectivity index (χ3v) is 3.94. The van der Waals surface area contributed by atoms with Crippen molar-refractivity contribution in [2.75, 3.05) is 6.54 Å². The van der Waals surface area contributed by atoms with Gasteiger partial charge in [-0.15, -0.1) is 11.3 Å². The van der Waals surface area contributed by atoms with Crippen LogP contribution in [0.25, 0.3) is 5.13 Å². The normalized spacial score (nSPS) is 11.4. The Morgan fingerprint density at radius 1 is 1.37 bits per heavy atom. The maximum atomic E-state index is 4.61. The fraction of sp³-hybridized carbons (Fsp3) is 0.571. The Bertz CT molecular complexity index is 514. The molecule has 104 valence electrons. The van der Waals surface area contributed by atoms with E-state index in [1.807, 2.05) is 16.3 Å². The van der Waals surface area contributed by atoms with Crippen molar-refractivity contribution in [3.05, 3.63) is 28.5 Å². The van der Waals surface area contributed by atoms with Gasteiger partial charge >= 0.3 is 0 Å². The van der Waals surface area contributed by atoms with Crippen LogP contribution in [0.5, 0.6) is 0 Å². The SMILES string of the molecule is Cc1nn(-c2nccs2)c(C)c1CCCNC(C)C. The molecule has 0 spiro atoms. The molecule has 0 atom stereocenters. The molecule has 2 aromatic rings. The highest BCUT2D eigenvalue weighted by molar-refractivity contribution is 7.12. The van der Waals surface area contributed by atoms with E-state index in [0.717, 1.165) is 30.2 Å². The molecule has 0 aromatic carbocycles. The minimum Gasteiger partial charge on any atom is -0.315 e. The Kier molecular flexibility index (Phi) is 4.71. The van der Waals surface area contributed by atoms with Gasteiger partial charge in [-0.1, -0.05) is 13.8 Å². The van der Waals surface area contributed by atoms with Gasteiger partial charge in [0.2, 0.25) is 5.13 Å². The summed E-state index contributed by atoms with van der Waals surface area (Å²) in [5, 5.41) is 11.0. The van der Waals surface area contributed by atoms with E-state index < -0.39 is 0 Å². The van der Waals surface area contributed by atoms with Crippen molar-refractivity contribution in [2.45, 2.75) is 46.6 Å². The summed E-state index contributed by atoms with van der Waals surface area (Å²) >= 11 is 1.62. The second kappa shape index (κ2) is 6.30. The third kappa shape index (κ3) is 3.42. The molecule has 0 aliphatic rings. The molecule has 5 heteroatoms. The lowest BCUT2D eigenvalue weighted by atomic mass is 10.1. The van der Waals surface area contributed by atoms with E-state index in [1.54, 1.807) is 11.3 Å². The minimum absolute atomic E-state index is 0.556. The van der Waals surface area contributed by atoms with Crippen molar-refractivity contribution in [3.63, 3.8) is 0 Å². The number of thiazole rings is 1. The molecule has 1 N–H and O–H groups in total. The van der Waals surface area contributed by atoms with E-state index in [9.17, 15) is 0 Å². The third-order valence-electron chi connectivity index (χ3n) is 3.20. The minimum atomic E-state index is 0.556. The molecular formula is C14H22N4S. The van der Waals surface area contributed by atoms with Gasteiger partial charge in [0.05, 0.1) is 5.69 Å². The number of aryl methyl sites for hydroxylation is 1. The van der Waals surface area contributed by atoms with Crippen LogP contribution in [0.4, 0.5) is 0 Å². The predicted molar refractivity (Wildman–Crippen MR) is 80.2 cm³/mol. The average molecular weight is 278 g/mol. The molecule has 2 heterocycles. The van der Waals surface area contributed by atoms with Crippen LogP contribution in [0.3, 0.4) is 0 Å². The molecule has 0 amide bonds. The summed E-state index contributed by atoms with van der Waals surface area (Å²) < 4.78 is 1.96. The molecule has 2 rings (SSSR count). The second-order valence-electron chi connectivity index (χ2n) is 5.09. The van der Waals surface area contributed by atoms with Crippen LogP contribution in [-0.2, 0) is 6.42 Å². The highest BCUT2D eigenvalue weighted by atomic mass is 32.1. The molecule has 4 nitrogen and oxygen atoms in total. The zero-order valence-corrected chi connectivity index (χ0v) is 12.9. The van der Waals surface area contributed by atoms with Crippen molar-refractivity contribution in [3.8, 4) is 5.13 Å². The highest BCUT2D eigenvalue weighted by Gasteiger charge is 2.13. The van der Waals surface area contributed by atoms with Gasteiger partial charge in [0.15, 0.2) is 0 Å². The number of nitrogens with one attached hydrogen (secondary N) is 1. The maximum Gasteiger partial charge on any atom is 0.210 e. The topological polar surface area (TPSA) is 42.7 Å². The van der Waals surface area contributed by atoms with Crippen LogP contribution in [0.1, 0.15) is 37.2 Å². The predicted octanol–water partition coefficient (Wildman–Crippen LogP) is 2.88. The summed E-state index contributed by atoms with van der Waals surface area (Å²) in [6.07, 6.45) is 4.04. The summed E-state index contributed by atoms with van der Waals surface area (Å²) in [6, 6.07) is 0.556. The first-order valence-electron chi connectivity index (χ1n) is 6.78. The molecule has 0 aliphatic heterocycles. The average Bonchev–Trinajstić information content (AvgIpc) is 2.95. The Hall–Kier alpha value is -1.20. The van der Waals surface area contributed by atoms with E-state index in [1.165, 1.54) is 11.3 Å². The quantitative estimate of drug-likeness (QED) is 0.826. The van der Waals surface area contributed by atoms with Crippen LogP contribution < -0.4 is 5.32 Å². The van der Waals surface area contributed by atoms with Crippen molar-refractivity contribution >= 4 is 11.3 Å². The maximum absolute atomic E-state index is 4.61. The lowest BCUT2D eigenvalue weighted by Crippen LogP contribution is -2.24. The summed E-state index contributed by atoms with van der Waals surface area (Å²) in [6.45, 7) is 9.63. The fourth-order valence-corrected chi connectivity index (χ4v) is 2.84. The zero-order chi connectivity index (χ0) is 13.8. The number of aromatic nitrogens is 3. The van der Waals surface area contributed by atoms with Crippen LogP contribution >= 0.6 is 11.3 Å². The Morgan fingerprint density at radius 3 is 2.79 bits per heavy atom. The smallest absolute Gasteiger partial charge is 0.210 e. The van der Waals surface area contributed by atoms with Crippen LogP contribution in [0.15, 0.2) is 11.6 Å². The lowest BCUT2D eigenvalue weighted by molar-refractivity contribution is 0.570. The van der Waals surface area contributed by atoms with Gasteiger partial charge in [-0.25, -0.2) is 9.67 Å². The largest absolute Gasteiger partial charge is 0.315 e. The van der Waals surface area contributed by atoms with Gasteiger partial charge in [0, 0.05) is 23.3 Å². The summed E-state index contributed by atoms with van der Waals surface area (Å²) in [5.74, 6) is 0. The molecule has 0 fully saturated rings. The number of nitrogens with zero attached hydrogens (tertiary/aromatic N) is 3. The van der Waals surface area contributed by atoms with Gasteiger partial charge in [-0.3, -0.25) is 0 Å². The number of hydrogen-bond donors (Lipinski definition) is 1. The van der Waals surface area contributed by atoms with Gasteiger partial charge < -0.3 is 5.32 Å². The number of rotatable bonds is 6. The van der Waals surface area contributed by atoms with Crippen molar-refractivity contribution < 1.29 is 0 Å². The van der Waals surface area contributed by atoms with E-state index >= 15 is 0 Å². The van der Waals surface area contributed by atoms with Crippen LogP contribution in [0.2, 0.25) is 0 Å². The first kappa shape index (κ1) is 14.2. The van der Waals surface area contributed by atoms with Crippen LogP contribution in [-0.4, -0.2) is 27.4 Å². The lowest BCUT2D eigenvalue weighted by Gasteiger charge is -2.07. The standard InChI is InChI=1S/C14H22N4S/c1-10(2)15-7-5-6-13-11(3)17-18(12(13)4)14-16-8-9-19-14/h8-10,15H,5-7H2,1-4H3. The highest BCUT2D eigenvalue weighted by Crippen LogP contribution is 2.20. The molecule has 2 aromatic heterocycles. The molecule has 0 unspecified atom stereocenters.